The fourth-order valence-corrected chi connectivity index (χ4v) is 2.30. The van der Waals surface area contributed by atoms with Crippen molar-refractivity contribution < 1.29 is 9.59 Å². The number of nitrogens with one attached hydrogen (secondary N) is 2. The van der Waals surface area contributed by atoms with E-state index in [0.29, 0.717) is 10.7 Å². The Morgan fingerprint density at radius 1 is 1.17 bits per heavy atom. The number of amides is 2. The van der Waals surface area contributed by atoms with E-state index in [1.165, 1.54) is 6.21 Å². The van der Waals surface area contributed by atoms with Crippen LogP contribution >= 0.6 is 27.5 Å². The van der Waals surface area contributed by atoms with Gasteiger partial charge in [0.05, 0.1) is 6.21 Å². The van der Waals surface area contributed by atoms with Crippen LogP contribution in [0.1, 0.15) is 11.1 Å². The second-order valence-corrected chi connectivity index (χ2v) is 6.02. The van der Waals surface area contributed by atoms with E-state index in [4.69, 9.17) is 11.6 Å². The molecule has 0 unspecified atom stereocenters. The molecule has 0 bridgehead atoms. The van der Waals surface area contributed by atoms with Gasteiger partial charge in [0.2, 0.25) is 0 Å². The highest BCUT2D eigenvalue weighted by molar-refractivity contribution is 9.10. The summed E-state index contributed by atoms with van der Waals surface area (Å²) in [6.07, 6.45) is 1.45. The van der Waals surface area contributed by atoms with Crippen LogP contribution in [0.2, 0.25) is 5.02 Å². The lowest BCUT2D eigenvalue weighted by Crippen LogP contribution is -2.32. The Balaban J connectivity index is 1.95. The van der Waals surface area contributed by atoms with Crippen molar-refractivity contribution in [2.45, 2.75) is 6.92 Å². The number of hydrogen-bond donors (Lipinski definition) is 2. The van der Waals surface area contributed by atoms with Crippen LogP contribution in [0, 0.1) is 6.92 Å². The van der Waals surface area contributed by atoms with Gasteiger partial charge in [0.15, 0.2) is 0 Å². The summed E-state index contributed by atoms with van der Waals surface area (Å²) in [7, 11) is 0. The molecule has 0 fully saturated rings. The van der Waals surface area contributed by atoms with E-state index >= 15 is 0 Å². The fraction of sp³-hybridized carbons (Fsp3) is 0.0625. The Labute approximate surface area is 146 Å². The molecule has 0 aliphatic rings. The second kappa shape index (κ2) is 7.89. The van der Waals surface area contributed by atoms with E-state index in [0.717, 1.165) is 15.6 Å². The first-order valence-corrected chi connectivity index (χ1v) is 7.79. The molecule has 0 heterocycles. The molecule has 0 aliphatic heterocycles. The zero-order valence-electron chi connectivity index (χ0n) is 12.1. The molecule has 7 heteroatoms. The summed E-state index contributed by atoms with van der Waals surface area (Å²) in [6, 6.07) is 12.4. The van der Waals surface area contributed by atoms with E-state index in [9.17, 15) is 9.59 Å². The molecule has 2 amide bonds. The van der Waals surface area contributed by atoms with Gasteiger partial charge in [-0.2, -0.15) is 5.10 Å². The molecule has 23 heavy (non-hydrogen) atoms. The van der Waals surface area contributed by atoms with Crippen LogP contribution in [0.25, 0.3) is 0 Å². The number of carbonyl (C=O) groups is 2. The predicted molar refractivity (Wildman–Crippen MR) is 94.7 cm³/mol. The number of carbonyl (C=O) groups excluding carboxylic acids is 2. The normalized spacial score (nSPS) is 10.6. The van der Waals surface area contributed by atoms with Crippen molar-refractivity contribution in [3.63, 3.8) is 0 Å². The number of nitrogens with zero attached hydrogens (tertiary/aromatic N) is 1. The number of halogens is 2. The Kier molecular flexibility index (Phi) is 5.90. The summed E-state index contributed by atoms with van der Waals surface area (Å²) in [5.41, 5.74) is 4.24. The molecule has 2 aromatic rings. The third kappa shape index (κ3) is 5.19. The molecule has 0 saturated carbocycles. The van der Waals surface area contributed by atoms with E-state index in [1.807, 2.05) is 24.3 Å². The summed E-state index contributed by atoms with van der Waals surface area (Å²) in [6.45, 7) is 1.80. The van der Waals surface area contributed by atoms with Crippen molar-refractivity contribution in [2.24, 2.45) is 5.10 Å². The molecule has 2 rings (SSSR count). The minimum atomic E-state index is -0.865. The van der Waals surface area contributed by atoms with Gasteiger partial charge in [-0.3, -0.25) is 9.59 Å². The van der Waals surface area contributed by atoms with Crippen LogP contribution in [-0.2, 0) is 9.59 Å². The molecule has 118 valence electrons. The van der Waals surface area contributed by atoms with Crippen molar-refractivity contribution in [1.82, 2.24) is 5.43 Å². The van der Waals surface area contributed by atoms with Crippen LogP contribution in [0.15, 0.2) is 52.0 Å². The summed E-state index contributed by atoms with van der Waals surface area (Å²) >= 11 is 9.20. The van der Waals surface area contributed by atoms with E-state index in [-0.39, 0.29) is 0 Å². The number of aryl methyl sites for hydroxylation is 1. The van der Waals surface area contributed by atoms with Gasteiger partial charge in [0.1, 0.15) is 0 Å². The monoisotopic (exact) mass is 393 g/mol. The molecule has 0 radical (unpaired) electrons. The van der Waals surface area contributed by atoms with Crippen LogP contribution in [0.4, 0.5) is 5.69 Å². The standard InChI is InChI=1S/C16H13BrClN3O2/c1-10-5-6-13(18)8-14(10)20-15(22)16(23)21-19-9-11-3-2-4-12(17)7-11/h2-9H,1H3,(H,20,22)(H,21,23)/b19-9-. The summed E-state index contributed by atoms with van der Waals surface area (Å²) in [5.74, 6) is -1.68. The molecule has 2 N–H and O–H groups in total. The zero-order valence-corrected chi connectivity index (χ0v) is 14.5. The molecular formula is C16H13BrClN3O2. The highest BCUT2D eigenvalue weighted by Gasteiger charge is 2.14. The average molecular weight is 395 g/mol. The third-order valence-electron chi connectivity index (χ3n) is 2.88. The van der Waals surface area contributed by atoms with Gasteiger partial charge in [-0.15, -0.1) is 0 Å². The van der Waals surface area contributed by atoms with Gasteiger partial charge in [0, 0.05) is 15.2 Å². The average Bonchev–Trinajstić information content (AvgIpc) is 2.51. The minimum absolute atomic E-state index is 0.471. The summed E-state index contributed by atoms with van der Waals surface area (Å²) < 4.78 is 0.891. The van der Waals surface area contributed by atoms with Crippen molar-refractivity contribution >= 4 is 51.2 Å². The second-order valence-electron chi connectivity index (χ2n) is 4.67. The first-order valence-electron chi connectivity index (χ1n) is 6.62. The maximum Gasteiger partial charge on any atom is 0.329 e. The third-order valence-corrected chi connectivity index (χ3v) is 3.61. The number of hydrogen-bond acceptors (Lipinski definition) is 3. The van der Waals surface area contributed by atoms with Crippen molar-refractivity contribution in [3.05, 3.63) is 63.1 Å². The van der Waals surface area contributed by atoms with Gasteiger partial charge in [0.25, 0.3) is 0 Å². The minimum Gasteiger partial charge on any atom is -0.317 e. The molecule has 0 aliphatic carbocycles. The Morgan fingerprint density at radius 3 is 2.70 bits per heavy atom. The first-order chi connectivity index (χ1) is 11.0. The number of rotatable bonds is 3. The van der Waals surface area contributed by atoms with Gasteiger partial charge in [-0.25, -0.2) is 5.43 Å². The largest absolute Gasteiger partial charge is 0.329 e. The number of benzene rings is 2. The maximum atomic E-state index is 11.8. The zero-order chi connectivity index (χ0) is 16.8. The van der Waals surface area contributed by atoms with Crippen LogP contribution in [0.5, 0.6) is 0 Å². The highest BCUT2D eigenvalue weighted by Crippen LogP contribution is 2.19. The molecule has 0 saturated heterocycles. The smallest absolute Gasteiger partial charge is 0.317 e. The van der Waals surface area contributed by atoms with Gasteiger partial charge >= 0.3 is 11.8 Å². The Bertz CT molecular complexity index is 778. The van der Waals surface area contributed by atoms with Crippen molar-refractivity contribution in [3.8, 4) is 0 Å². The summed E-state index contributed by atoms with van der Waals surface area (Å²) in [5, 5.41) is 6.72. The topological polar surface area (TPSA) is 70.6 Å². The highest BCUT2D eigenvalue weighted by atomic mass is 79.9. The predicted octanol–water partition coefficient (Wildman–Crippen LogP) is 3.50. The van der Waals surface area contributed by atoms with E-state index < -0.39 is 11.8 Å². The van der Waals surface area contributed by atoms with E-state index in [2.05, 4.69) is 31.8 Å². The van der Waals surface area contributed by atoms with Gasteiger partial charge in [-0.05, 0) is 42.3 Å². The van der Waals surface area contributed by atoms with Crippen LogP contribution < -0.4 is 10.7 Å². The first kappa shape index (κ1) is 17.2. The quantitative estimate of drug-likeness (QED) is 0.475. The molecule has 5 nitrogen and oxygen atoms in total. The number of anilines is 1. The molecule has 0 aromatic heterocycles. The van der Waals surface area contributed by atoms with E-state index in [1.54, 1.807) is 25.1 Å². The SMILES string of the molecule is Cc1ccc(Cl)cc1NC(=O)C(=O)N/N=C\c1cccc(Br)c1. The number of hydrazone groups is 1. The maximum absolute atomic E-state index is 11.8. The lowest BCUT2D eigenvalue weighted by atomic mass is 10.2. The fourth-order valence-electron chi connectivity index (χ4n) is 1.71. The van der Waals surface area contributed by atoms with Gasteiger partial charge in [-0.1, -0.05) is 45.7 Å². The van der Waals surface area contributed by atoms with Crippen LogP contribution in [-0.4, -0.2) is 18.0 Å². The molecule has 0 spiro atoms. The Hall–Kier alpha value is -2.18. The molecular weight excluding hydrogens is 382 g/mol. The van der Waals surface area contributed by atoms with Crippen molar-refractivity contribution in [2.75, 3.05) is 5.32 Å². The lowest BCUT2D eigenvalue weighted by Gasteiger charge is -2.07. The Morgan fingerprint density at radius 2 is 1.96 bits per heavy atom. The lowest BCUT2D eigenvalue weighted by molar-refractivity contribution is -0.136. The van der Waals surface area contributed by atoms with Crippen molar-refractivity contribution in [1.29, 1.82) is 0 Å². The van der Waals surface area contributed by atoms with Gasteiger partial charge < -0.3 is 5.32 Å². The molecule has 2 aromatic carbocycles. The van der Waals surface area contributed by atoms with Crippen LogP contribution in [0.3, 0.4) is 0 Å². The summed E-state index contributed by atoms with van der Waals surface area (Å²) in [4.78, 5) is 23.5. The molecule has 0 atom stereocenters.